The number of amides is 4. The number of rotatable bonds is 6. The van der Waals surface area contributed by atoms with Crippen molar-refractivity contribution >= 4 is 40.5 Å². The first kappa shape index (κ1) is 18.5. The van der Waals surface area contributed by atoms with Gasteiger partial charge in [-0.1, -0.05) is 0 Å². The minimum Gasteiger partial charge on any atom is -0.351 e. The molecule has 1 saturated heterocycles. The minimum atomic E-state index is -0.908. The number of nitrogens with one attached hydrogen (secondary N) is 2. The molecule has 7 nitrogen and oxygen atoms in total. The van der Waals surface area contributed by atoms with Crippen LogP contribution in [0.2, 0.25) is 0 Å². The minimum absolute atomic E-state index is 0.0771. The number of carbonyl (C=O) groups is 3. The van der Waals surface area contributed by atoms with Gasteiger partial charge in [0.15, 0.2) is 0 Å². The zero-order valence-electron chi connectivity index (χ0n) is 14.8. The molecular weight excluding hydrogens is 372 g/mol. The van der Waals surface area contributed by atoms with Gasteiger partial charge in [0.05, 0.1) is 22.1 Å². The highest BCUT2D eigenvalue weighted by Crippen LogP contribution is 2.28. The van der Waals surface area contributed by atoms with Gasteiger partial charge in [-0.25, -0.2) is 9.78 Å². The molecule has 0 aliphatic carbocycles. The summed E-state index contributed by atoms with van der Waals surface area (Å²) >= 11 is 3.19. The normalized spacial score (nSPS) is 16.0. The van der Waals surface area contributed by atoms with Gasteiger partial charge < -0.3 is 10.6 Å². The van der Waals surface area contributed by atoms with Crippen molar-refractivity contribution in [2.24, 2.45) is 0 Å². The van der Waals surface area contributed by atoms with E-state index in [4.69, 9.17) is 0 Å². The predicted molar refractivity (Wildman–Crippen MR) is 101 cm³/mol. The predicted octanol–water partition coefficient (Wildman–Crippen LogP) is 2.52. The van der Waals surface area contributed by atoms with Gasteiger partial charge in [-0.05, 0) is 32.9 Å². The molecule has 1 aliphatic heterocycles. The molecule has 3 heterocycles. The molecule has 2 N–H and O–H groups in total. The highest BCUT2D eigenvalue weighted by atomic mass is 32.1. The molecule has 0 radical (unpaired) electrons. The lowest BCUT2D eigenvalue weighted by atomic mass is 10.1. The van der Waals surface area contributed by atoms with E-state index in [1.165, 1.54) is 0 Å². The Balaban J connectivity index is 1.48. The first-order valence-electron chi connectivity index (χ1n) is 8.18. The lowest BCUT2D eigenvalue weighted by Gasteiger charge is -2.15. The van der Waals surface area contributed by atoms with E-state index in [0.717, 1.165) is 25.4 Å². The first-order valence-corrected chi connectivity index (χ1v) is 9.88. The van der Waals surface area contributed by atoms with E-state index < -0.39 is 11.6 Å². The molecule has 0 saturated carbocycles. The molecule has 3 rings (SSSR count). The third kappa shape index (κ3) is 3.94. The molecule has 0 atom stereocenters. The Labute approximate surface area is 159 Å². The highest BCUT2D eigenvalue weighted by molar-refractivity contribution is 7.16. The Kier molecular flexibility index (Phi) is 5.10. The number of imide groups is 1. The average Bonchev–Trinajstić information content (AvgIpc) is 3.24. The van der Waals surface area contributed by atoms with Gasteiger partial charge in [0, 0.05) is 23.2 Å². The van der Waals surface area contributed by atoms with Gasteiger partial charge >= 0.3 is 6.03 Å². The summed E-state index contributed by atoms with van der Waals surface area (Å²) in [5.41, 5.74) is 0.0471. The Bertz CT molecular complexity index is 856. The maximum absolute atomic E-state index is 12.1. The van der Waals surface area contributed by atoms with Gasteiger partial charge in [0.1, 0.15) is 5.54 Å². The molecule has 0 spiro atoms. The zero-order chi connectivity index (χ0) is 18.9. The van der Waals surface area contributed by atoms with Gasteiger partial charge in [0.2, 0.25) is 5.91 Å². The zero-order valence-corrected chi connectivity index (χ0v) is 16.4. The second-order valence-corrected chi connectivity index (χ2v) is 8.79. The van der Waals surface area contributed by atoms with Crippen LogP contribution >= 0.6 is 22.7 Å². The number of thiazole rings is 1. The van der Waals surface area contributed by atoms with Crippen LogP contribution in [0.5, 0.6) is 0 Å². The summed E-state index contributed by atoms with van der Waals surface area (Å²) in [6.45, 7) is 5.75. The molecule has 26 heavy (non-hydrogen) atoms. The van der Waals surface area contributed by atoms with Crippen molar-refractivity contribution in [2.45, 2.75) is 39.3 Å². The van der Waals surface area contributed by atoms with Crippen molar-refractivity contribution in [1.29, 1.82) is 0 Å². The second kappa shape index (κ2) is 7.16. The highest BCUT2D eigenvalue weighted by Gasteiger charge is 2.43. The van der Waals surface area contributed by atoms with E-state index in [1.54, 1.807) is 36.5 Å². The SMILES string of the molecule is Cc1nc(-c2ccc(CNC(=O)CCN3C(=O)NC(C)(C)C3=O)s2)cs1. The van der Waals surface area contributed by atoms with E-state index in [2.05, 4.69) is 15.6 Å². The summed E-state index contributed by atoms with van der Waals surface area (Å²) in [6.07, 6.45) is 0.0821. The van der Waals surface area contributed by atoms with Crippen LogP contribution in [0.15, 0.2) is 17.5 Å². The van der Waals surface area contributed by atoms with E-state index in [1.807, 2.05) is 24.4 Å². The summed E-state index contributed by atoms with van der Waals surface area (Å²) < 4.78 is 0. The summed E-state index contributed by atoms with van der Waals surface area (Å²) in [6, 6.07) is 3.51. The summed E-state index contributed by atoms with van der Waals surface area (Å²) in [5.74, 6) is -0.508. The molecule has 4 amide bonds. The third-order valence-corrected chi connectivity index (χ3v) is 5.88. The number of hydrogen-bond donors (Lipinski definition) is 2. The molecule has 0 bridgehead atoms. The average molecular weight is 393 g/mol. The van der Waals surface area contributed by atoms with Gasteiger partial charge in [-0.2, -0.15) is 0 Å². The Morgan fingerprint density at radius 2 is 2.12 bits per heavy atom. The molecular formula is C17H20N4O3S2. The molecule has 0 aromatic carbocycles. The van der Waals surface area contributed by atoms with E-state index in [0.29, 0.717) is 6.54 Å². The van der Waals surface area contributed by atoms with Crippen molar-refractivity contribution in [3.8, 4) is 10.6 Å². The van der Waals surface area contributed by atoms with Crippen LogP contribution in [0, 0.1) is 6.92 Å². The van der Waals surface area contributed by atoms with E-state index in [9.17, 15) is 14.4 Å². The molecule has 0 unspecified atom stereocenters. The van der Waals surface area contributed by atoms with Crippen molar-refractivity contribution < 1.29 is 14.4 Å². The standard InChI is InChI=1S/C17H20N4O3S2/c1-10-19-12(9-25-10)13-5-4-11(26-13)8-18-14(22)6-7-21-15(23)17(2,3)20-16(21)24/h4-5,9H,6-8H2,1-3H3,(H,18,22)(H,20,24). The lowest BCUT2D eigenvalue weighted by molar-refractivity contribution is -0.130. The molecule has 1 aliphatic rings. The fraction of sp³-hybridized carbons (Fsp3) is 0.412. The number of nitrogens with zero attached hydrogens (tertiary/aromatic N) is 2. The van der Waals surface area contributed by atoms with Crippen LogP contribution in [-0.4, -0.2) is 39.8 Å². The van der Waals surface area contributed by atoms with Crippen LogP contribution in [0.1, 0.15) is 30.2 Å². The first-order chi connectivity index (χ1) is 12.3. The number of aromatic nitrogens is 1. The monoisotopic (exact) mass is 392 g/mol. The van der Waals surface area contributed by atoms with Gasteiger partial charge in [0.25, 0.3) is 5.91 Å². The molecule has 2 aromatic rings. The maximum Gasteiger partial charge on any atom is 0.325 e. The van der Waals surface area contributed by atoms with Crippen LogP contribution in [0.25, 0.3) is 10.6 Å². The maximum atomic E-state index is 12.1. The largest absolute Gasteiger partial charge is 0.351 e. The molecule has 9 heteroatoms. The number of hydrogen-bond acceptors (Lipinski definition) is 6. The molecule has 2 aromatic heterocycles. The summed E-state index contributed by atoms with van der Waals surface area (Å²) in [7, 11) is 0. The Hall–Kier alpha value is -2.26. The van der Waals surface area contributed by atoms with E-state index in [-0.39, 0.29) is 24.8 Å². The summed E-state index contributed by atoms with van der Waals surface area (Å²) in [4.78, 5) is 43.5. The summed E-state index contributed by atoms with van der Waals surface area (Å²) in [5, 5.41) is 8.46. The Morgan fingerprint density at radius 1 is 1.35 bits per heavy atom. The van der Waals surface area contributed by atoms with Crippen molar-refractivity contribution in [2.75, 3.05) is 6.54 Å². The van der Waals surface area contributed by atoms with Crippen molar-refractivity contribution in [3.05, 3.63) is 27.4 Å². The van der Waals surface area contributed by atoms with Crippen LogP contribution < -0.4 is 10.6 Å². The number of carbonyl (C=O) groups excluding carboxylic acids is 3. The second-order valence-electron chi connectivity index (χ2n) is 6.56. The number of aryl methyl sites for hydroxylation is 1. The van der Waals surface area contributed by atoms with Gasteiger partial charge in [-0.3, -0.25) is 14.5 Å². The fourth-order valence-corrected chi connectivity index (χ4v) is 4.19. The van der Waals surface area contributed by atoms with Crippen LogP contribution in [-0.2, 0) is 16.1 Å². The molecule has 1 fully saturated rings. The van der Waals surface area contributed by atoms with Crippen LogP contribution in [0.4, 0.5) is 4.79 Å². The third-order valence-electron chi connectivity index (χ3n) is 4.00. The molecule has 138 valence electrons. The number of thiophene rings is 1. The van der Waals surface area contributed by atoms with Crippen molar-refractivity contribution in [3.63, 3.8) is 0 Å². The van der Waals surface area contributed by atoms with Gasteiger partial charge in [-0.15, -0.1) is 22.7 Å². The Morgan fingerprint density at radius 3 is 2.73 bits per heavy atom. The quantitative estimate of drug-likeness (QED) is 0.739. The number of urea groups is 1. The van der Waals surface area contributed by atoms with Crippen LogP contribution in [0.3, 0.4) is 0 Å². The lowest BCUT2D eigenvalue weighted by Crippen LogP contribution is -2.40. The smallest absolute Gasteiger partial charge is 0.325 e. The van der Waals surface area contributed by atoms with E-state index >= 15 is 0 Å². The topological polar surface area (TPSA) is 91.4 Å². The fourth-order valence-electron chi connectivity index (χ4n) is 2.60. The van der Waals surface area contributed by atoms with Crippen molar-refractivity contribution in [1.82, 2.24) is 20.5 Å².